The van der Waals surface area contributed by atoms with Gasteiger partial charge in [-0.2, -0.15) is 0 Å². The Kier molecular flexibility index (Phi) is 7.23. The molecule has 1 N–H and O–H groups in total. The van der Waals surface area contributed by atoms with Crippen LogP contribution in [-0.4, -0.2) is 31.1 Å². The number of carbonyl (C=O) groups is 1. The number of non-ortho nitro benzene ring substituents is 1. The van der Waals surface area contributed by atoms with Crippen LogP contribution in [-0.2, 0) is 4.79 Å². The molecule has 5 aromatic rings. The lowest BCUT2D eigenvalue weighted by molar-refractivity contribution is -0.384. The van der Waals surface area contributed by atoms with Gasteiger partial charge >= 0.3 is 0 Å². The SMILES string of the molecule is Cc1ccc(-n2c(SCC(=O)Nc3nc(-c4cccc([N+](=O)[O-])c4)cs3)nc3ccccc3c2=O)cc1Cl. The Hall–Kier alpha value is -4.06. The number of amides is 1. The highest BCUT2D eigenvalue weighted by atomic mass is 35.5. The van der Waals surface area contributed by atoms with Gasteiger partial charge in [-0.3, -0.25) is 24.3 Å². The lowest BCUT2D eigenvalue weighted by atomic mass is 10.1. The molecule has 5 rings (SSSR count). The summed E-state index contributed by atoms with van der Waals surface area (Å²) in [6.07, 6.45) is 0. The van der Waals surface area contributed by atoms with Crippen molar-refractivity contribution in [2.45, 2.75) is 12.1 Å². The summed E-state index contributed by atoms with van der Waals surface area (Å²) in [5.74, 6) is -0.373. The monoisotopic (exact) mass is 563 g/mol. The fraction of sp³-hybridized carbons (Fsp3) is 0.0769. The van der Waals surface area contributed by atoms with Crippen molar-refractivity contribution in [3.8, 4) is 16.9 Å². The van der Waals surface area contributed by atoms with E-state index in [9.17, 15) is 19.7 Å². The van der Waals surface area contributed by atoms with Gasteiger partial charge in [0.25, 0.3) is 11.2 Å². The number of halogens is 1. The Morgan fingerprint density at radius 1 is 1.13 bits per heavy atom. The van der Waals surface area contributed by atoms with Crippen LogP contribution in [0.5, 0.6) is 0 Å². The van der Waals surface area contributed by atoms with E-state index >= 15 is 0 Å². The third-order valence-corrected chi connectivity index (χ3v) is 7.70. The van der Waals surface area contributed by atoms with E-state index in [1.807, 2.05) is 13.0 Å². The Labute approximate surface area is 229 Å². The fourth-order valence-electron chi connectivity index (χ4n) is 3.69. The molecule has 0 aliphatic carbocycles. The number of nitrogens with one attached hydrogen (secondary N) is 1. The molecule has 0 radical (unpaired) electrons. The Balaban J connectivity index is 1.38. The largest absolute Gasteiger partial charge is 0.301 e. The fourth-order valence-corrected chi connectivity index (χ4v) is 5.41. The number of carbonyl (C=O) groups excluding carboxylic acids is 1. The van der Waals surface area contributed by atoms with Crippen molar-refractivity contribution in [3.63, 3.8) is 0 Å². The second-order valence-electron chi connectivity index (χ2n) is 8.17. The number of nitrogens with zero attached hydrogens (tertiary/aromatic N) is 4. The highest BCUT2D eigenvalue weighted by Crippen LogP contribution is 2.28. The number of fused-ring (bicyclic) bond motifs is 1. The summed E-state index contributed by atoms with van der Waals surface area (Å²) in [4.78, 5) is 45.8. The molecule has 0 fully saturated rings. The van der Waals surface area contributed by atoms with Crippen molar-refractivity contribution in [2.24, 2.45) is 0 Å². The Morgan fingerprint density at radius 2 is 1.95 bits per heavy atom. The number of anilines is 1. The van der Waals surface area contributed by atoms with Gasteiger partial charge in [0.1, 0.15) is 0 Å². The maximum atomic E-state index is 13.4. The first kappa shape index (κ1) is 25.6. The molecular formula is C26H18ClN5O4S2. The molecule has 1 amide bonds. The number of nitro benzene ring substituents is 1. The van der Waals surface area contributed by atoms with Crippen molar-refractivity contribution in [1.29, 1.82) is 0 Å². The molecule has 0 saturated carbocycles. The Bertz CT molecular complexity index is 1770. The quantitative estimate of drug-likeness (QED) is 0.110. The molecule has 0 aliphatic rings. The maximum absolute atomic E-state index is 13.4. The number of thiazole rings is 1. The van der Waals surface area contributed by atoms with Crippen LogP contribution < -0.4 is 10.9 Å². The van der Waals surface area contributed by atoms with E-state index < -0.39 is 4.92 Å². The van der Waals surface area contributed by atoms with Gasteiger partial charge in [-0.05, 0) is 36.8 Å². The van der Waals surface area contributed by atoms with Crippen LogP contribution in [0.1, 0.15) is 5.56 Å². The molecule has 9 nitrogen and oxygen atoms in total. The molecular weight excluding hydrogens is 546 g/mol. The molecule has 0 unspecified atom stereocenters. The number of rotatable bonds is 7. The van der Waals surface area contributed by atoms with E-state index in [4.69, 9.17) is 11.6 Å². The number of para-hydroxylation sites is 1. The number of benzene rings is 3. The van der Waals surface area contributed by atoms with E-state index in [2.05, 4.69) is 15.3 Å². The first-order valence-corrected chi connectivity index (χ1v) is 13.5. The summed E-state index contributed by atoms with van der Waals surface area (Å²) < 4.78 is 1.45. The summed E-state index contributed by atoms with van der Waals surface area (Å²) in [7, 11) is 0. The molecule has 2 heterocycles. The van der Waals surface area contributed by atoms with Gasteiger partial charge in [-0.15, -0.1) is 11.3 Å². The minimum Gasteiger partial charge on any atom is -0.301 e. The van der Waals surface area contributed by atoms with Crippen LogP contribution in [0, 0.1) is 17.0 Å². The van der Waals surface area contributed by atoms with Gasteiger partial charge in [0.2, 0.25) is 5.91 Å². The smallest absolute Gasteiger partial charge is 0.270 e. The van der Waals surface area contributed by atoms with Gasteiger partial charge in [0, 0.05) is 28.1 Å². The molecule has 2 aromatic heterocycles. The summed E-state index contributed by atoms with van der Waals surface area (Å²) in [6, 6.07) is 18.5. The number of aromatic nitrogens is 3. The van der Waals surface area contributed by atoms with Crippen molar-refractivity contribution in [2.75, 3.05) is 11.1 Å². The van der Waals surface area contributed by atoms with Crippen molar-refractivity contribution >= 4 is 62.3 Å². The topological polar surface area (TPSA) is 120 Å². The van der Waals surface area contributed by atoms with Crippen LogP contribution in [0.15, 0.2) is 82.1 Å². The van der Waals surface area contributed by atoms with Gasteiger partial charge in [0.15, 0.2) is 10.3 Å². The van der Waals surface area contributed by atoms with Crippen LogP contribution in [0.3, 0.4) is 0 Å². The summed E-state index contributed by atoms with van der Waals surface area (Å²) >= 11 is 8.65. The predicted octanol–water partition coefficient (Wildman–Crippen LogP) is 6.11. The van der Waals surface area contributed by atoms with E-state index in [0.717, 1.165) is 17.3 Å². The predicted molar refractivity (Wildman–Crippen MR) is 151 cm³/mol. The van der Waals surface area contributed by atoms with Crippen molar-refractivity contribution in [1.82, 2.24) is 14.5 Å². The normalized spacial score (nSPS) is 11.0. The van der Waals surface area contributed by atoms with Crippen LogP contribution in [0.25, 0.3) is 27.8 Å². The second kappa shape index (κ2) is 10.7. The first-order chi connectivity index (χ1) is 18.3. The molecule has 3 aromatic carbocycles. The first-order valence-electron chi connectivity index (χ1n) is 11.2. The highest BCUT2D eigenvalue weighted by molar-refractivity contribution is 7.99. The van der Waals surface area contributed by atoms with E-state index in [1.165, 1.54) is 28.0 Å². The van der Waals surface area contributed by atoms with Crippen molar-refractivity contribution < 1.29 is 9.72 Å². The zero-order valence-electron chi connectivity index (χ0n) is 19.8. The van der Waals surface area contributed by atoms with Gasteiger partial charge in [-0.25, -0.2) is 9.97 Å². The summed E-state index contributed by atoms with van der Waals surface area (Å²) in [5, 5.41) is 17.2. The summed E-state index contributed by atoms with van der Waals surface area (Å²) in [5.41, 5.74) is 2.74. The lowest BCUT2D eigenvalue weighted by Crippen LogP contribution is -2.23. The number of thioether (sulfide) groups is 1. The molecule has 190 valence electrons. The minimum atomic E-state index is -0.471. The number of nitro groups is 1. The summed E-state index contributed by atoms with van der Waals surface area (Å²) in [6.45, 7) is 1.87. The average Bonchev–Trinajstić information content (AvgIpc) is 3.38. The standard InChI is InChI=1S/C26H18ClN5O4S2/c1-15-9-10-17(12-20(15)27)31-24(34)19-7-2-3-8-21(19)29-26(31)38-14-23(33)30-25-28-22(13-37-25)16-5-4-6-18(11-16)32(35)36/h2-13H,14H2,1H3,(H,28,30,33). The van der Waals surface area contributed by atoms with Crippen LogP contribution >= 0.6 is 34.7 Å². The molecule has 0 spiro atoms. The minimum absolute atomic E-state index is 0.0317. The van der Waals surface area contributed by atoms with Gasteiger partial charge in [0.05, 0.1) is 33.0 Å². The zero-order valence-corrected chi connectivity index (χ0v) is 22.1. The highest BCUT2D eigenvalue weighted by Gasteiger charge is 2.17. The van der Waals surface area contributed by atoms with Crippen LogP contribution in [0.2, 0.25) is 5.02 Å². The third-order valence-electron chi connectivity index (χ3n) is 5.59. The van der Waals surface area contributed by atoms with E-state index in [-0.39, 0.29) is 22.9 Å². The maximum Gasteiger partial charge on any atom is 0.270 e. The number of aryl methyl sites for hydroxylation is 1. The van der Waals surface area contributed by atoms with Crippen molar-refractivity contribution in [3.05, 3.63) is 103 Å². The van der Waals surface area contributed by atoms with Gasteiger partial charge in [-0.1, -0.05) is 53.7 Å². The molecule has 12 heteroatoms. The Morgan fingerprint density at radius 3 is 2.74 bits per heavy atom. The lowest BCUT2D eigenvalue weighted by Gasteiger charge is -2.14. The van der Waals surface area contributed by atoms with Gasteiger partial charge < -0.3 is 5.32 Å². The van der Waals surface area contributed by atoms with Crippen LogP contribution in [0.4, 0.5) is 10.8 Å². The third kappa shape index (κ3) is 5.30. The molecule has 0 atom stereocenters. The van der Waals surface area contributed by atoms with E-state index in [1.54, 1.807) is 53.9 Å². The molecule has 38 heavy (non-hydrogen) atoms. The molecule has 0 saturated heterocycles. The number of hydrogen-bond donors (Lipinski definition) is 1. The molecule has 0 aliphatic heterocycles. The number of hydrogen-bond acceptors (Lipinski definition) is 8. The second-order valence-corrected chi connectivity index (χ2v) is 10.4. The molecule has 0 bridgehead atoms. The average molecular weight is 564 g/mol. The zero-order chi connectivity index (χ0) is 26.8. The van der Waals surface area contributed by atoms with E-state index in [0.29, 0.717) is 43.2 Å².